The lowest BCUT2D eigenvalue weighted by Gasteiger charge is -2.12. The van der Waals surface area contributed by atoms with Gasteiger partial charge in [0.15, 0.2) is 5.82 Å². The van der Waals surface area contributed by atoms with E-state index in [1.807, 2.05) is 0 Å². The average molecular weight is 302 g/mol. The summed E-state index contributed by atoms with van der Waals surface area (Å²) in [4.78, 5) is 19.2. The van der Waals surface area contributed by atoms with Crippen LogP contribution in [0.3, 0.4) is 0 Å². The van der Waals surface area contributed by atoms with Crippen LogP contribution in [-0.4, -0.2) is 15.9 Å². The number of anilines is 1. The molecule has 0 aliphatic carbocycles. The Labute approximate surface area is 116 Å². The van der Waals surface area contributed by atoms with Crippen LogP contribution in [0.25, 0.3) is 0 Å². The fourth-order valence-electron chi connectivity index (χ4n) is 1.49. The van der Waals surface area contributed by atoms with Gasteiger partial charge in [0.25, 0.3) is 5.91 Å². The lowest BCUT2D eigenvalue weighted by atomic mass is 10.1. The molecule has 0 fully saturated rings. The second kappa shape index (κ2) is 5.46. The Bertz CT molecular complexity index is 629. The molecule has 0 saturated carbocycles. The highest BCUT2D eigenvalue weighted by atomic mass is 35.5. The zero-order valence-electron chi connectivity index (χ0n) is 9.78. The van der Waals surface area contributed by atoms with Gasteiger partial charge in [-0.1, -0.05) is 23.7 Å². The minimum Gasteiger partial charge on any atom is -0.305 e. The number of hydrogen-bond donors (Lipinski definition) is 1. The van der Waals surface area contributed by atoms with Gasteiger partial charge in [0, 0.05) is 0 Å². The number of carbonyl (C=O) groups excluding carboxylic acids is 1. The molecular weight excluding hydrogens is 295 g/mol. The van der Waals surface area contributed by atoms with Gasteiger partial charge in [-0.05, 0) is 12.1 Å². The lowest BCUT2D eigenvalue weighted by molar-refractivity contribution is -0.137. The first-order valence-corrected chi connectivity index (χ1v) is 5.71. The largest absolute Gasteiger partial charge is 0.417 e. The van der Waals surface area contributed by atoms with Crippen LogP contribution in [-0.2, 0) is 6.18 Å². The Hall–Kier alpha value is -2.15. The van der Waals surface area contributed by atoms with E-state index >= 15 is 0 Å². The number of benzene rings is 1. The quantitative estimate of drug-likeness (QED) is 0.925. The van der Waals surface area contributed by atoms with E-state index in [0.29, 0.717) is 0 Å². The Balaban J connectivity index is 2.28. The van der Waals surface area contributed by atoms with Crippen LogP contribution in [0.2, 0.25) is 5.15 Å². The number of rotatable bonds is 2. The van der Waals surface area contributed by atoms with Crippen molar-refractivity contribution in [2.75, 3.05) is 5.32 Å². The Morgan fingerprint density at radius 3 is 2.45 bits per heavy atom. The predicted molar refractivity (Wildman–Crippen MR) is 66.4 cm³/mol. The van der Waals surface area contributed by atoms with E-state index in [1.54, 1.807) is 0 Å². The summed E-state index contributed by atoms with van der Waals surface area (Å²) < 4.78 is 38.3. The van der Waals surface area contributed by atoms with Crippen molar-refractivity contribution in [3.8, 4) is 0 Å². The molecule has 2 aromatic rings. The molecule has 2 rings (SSSR count). The van der Waals surface area contributed by atoms with E-state index in [2.05, 4.69) is 15.3 Å². The van der Waals surface area contributed by atoms with E-state index in [1.165, 1.54) is 18.3 Å². The molecule has 0 aliphatic rings. The molecule has 1 N–H and O–H groups in total. The van der Waals surface area contributed by atoms with Crippen molar-refractivity contribution >= 4 is 23.3 Å². The summed E-state index contributed by atoms with van der Waals surface area (Å²) in [6.45, 7) is 0. The Kier molecular flexibility index (Phi) is 3.89. The van der Waals surface area contributed by atoms with E-state index in [9.17, 15) is 18.0 Å². The highest BCUT2D eigenvalue weighted by molar-refractivity contribution is 6.29. The molecule has 104 valence electrons. The van der Waals surface area contributed by atoms with Crippen molar-refractivity contribution in [2.45, 2.75) is 6.18 Å². The molecular formula is C12H7ClF3N3O. The van der Waals surface area contributed by atoms with Crippen molar-refractivity contribution in [1.29, 1.82) is 0 Å². The molecule has 20 heavy (non-hydrogen) atoms. The molecule has 1 aromatic carbocycles. The number of halogens is 4. The molecule has 0 bridgehead atoms. The Morgan fingerprint density at radius 1 is 1.15 bits per heavy atom. The number of alkyl halides is 3. The molecule has 0 radical (unpaired) electrons. The number of nitrogens with zero attached hydrogens (tertiary/aromatic N) is 2. The van der Waals surface area contributed by atoms with Crippen LogP contribution in [0.4, 0.5) is 19.0 Å². The monoisotopic (exact) mass is 301 g/mol. The minimum atomic E-state index is -4.61. The molecule has 0 atom stereocenters. The topological polar surface area (TPSA) is 54.9 Å². The van der Waals surface area contributed by atoms with Gasteiger partial charge >= 0.3 is 6.18 Å². The first-order valence-electron chi connectivity index (χ1n) is 5.33. The van der Waals surface area contributed by atoms with Crippen molar-refractivity contribution in [1.82, 2.24) is 9.97 Å². The third-order valence-electron chi connectivity index (χ3n) is 2.34. The third kappa shape index (κ3) is 3.24. The van der Waals surface area contributed by atoms with Gasteiger partial charge in [-0.15, -0.1) is 0 Å². The van der Waals surface area contributed by atoms with Gasteiger partial charge in [-0.2, -0.15) is 13.2 Å². The zero-order valence-corrected chi connectivity index (χ0v) is 10.5. The summed E-state index contributed by atoms with van der Waals surface area (Å²) in [6.07, 6.45) is -2.29. The van der Waals surface area contributed by atoms with Crippen molar-refractivity contribution in [2.24, 2.45) is 0 Å². The number of nitrogens with one attached hydrogen (secondary N) is 1. The Morgan fingerprint density at radius 2 is 1.85 bits per heavy atom. The maximum atomic E-state index is 12.8. The van der Waals surface area contributed by atoms with Gasteiger partial charge in [-0.25, -0.2) is 9.97 Å². The summed E-state index contributed by atoms with van der Waals surface area (Å²) in [6, 6.07) is 4.48. The van der Waals surface area contributed by atoms with Crippen molar-refractivity contribution < 1.29 is 18.0 Å². The van der Waals surface area contributed by atoms with E-state index in [0.717, 1.165) is 18.3 Å². The van der Waals surface area contributed by atoms with E-state index in [4.69, 9.17) is 11.6 Å². The SMILES string of the molecule is O=C(Nc1cnc(Cl)cn1)c1ccccc1C(F)(F)F. The summed E-state index contributed by atoms with van der Waals surface area (Å²) in [7, 11) is 0. The molecule has 0 spiro atoms. The number of aromatic nitrogens is 2. The summed E-state index contributed by atoms with van der Waals surface area (Å²) >= 11 is 5.52. The maximum absolute atomic E-state index is 12.8. The number of hydrogen-bond acceptors (Lipinski definition) is 3. The first kappa shape index (κ1) is 14.3. The molecule has 1 aromatic heterocycles. The molecule has 0 unspecified atom stereocenters. The second-order valence-electron chi connectivity index (χ2n) is 3.72. The molecule has 1 amide bonds. The van der Waals surface area contributed by atoms with E-state index in [-0.39, 0.29) is 11.0 Å². The average Bonchev–Trinajstić information content (AvgIpc) is 2.40. The molecule has 8 heteroatoms. The normalized spacial score (nSPS) is 11.2. The first-order chi connectivity index (χ1) is 9.38. The third-order valence-corrected chi connectivity index (χ3v) is 2.53. The fourth-order valence-corrected chi connectivity index (χ4v) is 1.59. The van der Waals surface area contributed by atoms with Gasteiger partial charge in [0.05, 0.1) is 23.5 Å². The highest BCUT2D eigenvalue weighted by Gasteiger charge is 2.34. The fraction of sp³-hybridized carbons (Fsp3) is 0.0833. The van der Waals surface area contributed by atoms with Crippen LogP contribution >= 0.6 is 11.6 Å². The smallest absolute Gasteiger partial charge is 0.305 e. The van der Waals surface area contributed by atoms with Crippen molar-refractivity contribution in [3.63, 3.8) is 0 Å². The van der Waals surface area contributed by atoms with Crippen LogP contribution < -0.4 is 5.32 Å². The highest BCUT2D eigenvalue weighted by Crippen LogP contribution is 2.32. The zero-order chi connectivity index (χ0) is 14.8. The van der Waals surface area contributed by atoms with Crippen LogP contribution in [0.15, 0.2) is 36.7 Å². The van der Waals surface area contributed by atoms with E-state index < -0.39 is 23.2 Å². The summed E-state index contributed by atoms with van der Waals surface area (Å²) in [5.41, 5.74) is -1.50. The van der Waals surface area contributed by atoms with Crippen LogP contribution in [0.5, 0.6) is 0 Å². The van der Waals surface area contributed by atoms with Crippen LogP contribution in [0, 0.1) is 0 Å². The summed E-state index contributed by atoms with van der Waals surface area (Å²) in [5, 5.41) is 2.34. The van der Waals surface area contributed by atoms with Crippen LogP contribution in [0.1, 0.15) is 15.9 Å². The lowest BCUT2D eigenvalue weighted by Crippen LogP contribution is -2.19. The molecule has 4 nitrogen and oxygen atoms in total. The summed E-state index contributed by atoms with van der Waals surface area (Å²) in [5.74, 6) is -0.911. The van der Waals surface area contributed by atoms with Crippen molar-refractivity contribution in [3.05, 3.63) is 52.9 Å². The molecule has 0 saturated heterocycles. The van der Waals surface area contributed by atoms with Gasteiger partial charge in [0.2, 0.25) is 0 Å². The number of carbonyl (C=O) groups is 1. The number of amides is 1. The predicted octanol–water partition coefficient (Wildman–Crippen LogP) is 3.40. The minimum absolute atomic E-state index is 0.0105. The standard InChI is InChI=1S/C12H7ClF3N3O/c13-9-5-18-10(6-17-9)19-11(20)7-3-1-2-4-8(7)12(14,15)16/h1-6H,(H,18,19,20). The van der Waals surface area contributed by atoms with Gasteiger partial charge < -0.3 is 5.32 Å². The van der Waals surface area contributed by atoms with Gasteiger partial charge in [-0.3, -0.25) is 4.79 Å². The second-order valence-corrected chi connectivity index (χ2v) is 4.11. The molecule has 1 heterocycles. The molecule has 0 aliphatic heterocycles. The maximum Gasteiger partial charge on any atom is 0.417 e. The van der Waals surface area contributed by atoms with Gasteiger partial charge in [0.1, 0.15) is 5.15 Å².